The summed E-state index contributed by atoms with van der Waals surface area (Å²) in [6.07, 6.45) is 3.35. The summed E-state index contributed by atoms with van der Waals surface area (Å²) in [4.78, 5) is 17.5. The summed E-state index contributed by atoms with van der Waals surface area (Å²) in [5, 5.41) is 3.96. The normalized spacial score (nSPS) is 27.1. The highest BCUT2D eigenvalue weighted by molar-refractivity contribution is 7.08. The third-order valence-corrected chi connectivity index (χ3v) is 7.99. The minimum absolute atomic E-state index is 0.201. The van der Waals surface area contributed by atoms with Crippen LogP contribution in [0.1, 0.15) is 35.2 Å². The fourth-order valence-corrected chi connectivity index (χ4v) is 6.38. The molecule has 0 bridgehead atoms. The number of fused-ring (bicyclic) bond motifs is 1. The summed E-state index contributed by atoms with van der Waals surface area (Å²) in [5.41, 5.74) is 2.78. The fourth-order valence-electron chi connectivity index (χ4n) is 5.75. The van der Waals surface area contributed by atoms with Gasteiger partial charge in [0.05, 0.1) is 12.2 Å². The number of thiophene rings is 1. The van der Waals surface area contributed by atoms with Crippen molar-refractivity contribution in [3.8, 4) is 0 Å². The topological polar surface area (TPSA) is 32.8 Å². The third-order valence-electron chi connectivity index (χ3n) is 7.31. The molecule has 2 spiro atoms. The highest BCUT2D eigenvalue weighted by Gasteiger charge is 2.59. The molecule has 3 fully saturated rings. The van der Waals surface area contributed by atoms with E-state index >= 15 is 0 Å². The largest absolute Gasteiger partial charge is 0.381 e. The molecule has 5 heteroatoms. The Labute approximate surface area is 171 Å². The number of benzene rings is 1. The summed E-state index contributed by atoms with van der Waals surface area (Å²) < 4.78 is 5.94. The van der Waals surface area contributed by atoms with Gasteiger partial charge >= 0.3 is 0 Å². The van der Waals surface area contributed by atoms with Crippen molar-refractivity contribution in [3.63, 3.8) is 0 Å². The zero-order chi connectivity index (χ0) is 19.0. The van der Waals surface area contributed by atoms with Crippen molar-refractivity contribution in [1.82, 2.24) is 9.80 Å². The van der Waals surface area contributed by atoms with Gasteiger partial charge in [0.1, 0.15) is 0 Å². The maximum absolute atomic E-state index is 12.8. The fraction of sp³-hybridized carbons (Fsp3) is 0.522. The number of ether oxygens (including phenoxy) is 1. The minimum atomic E-state index is 0.201. The van der Waals surface area contributed by atoms with E-state index in [1.54, 1.807) is 11.3 Å². The second-order valence-corrected chi connectivity index (χ2v) is 9.58. The first-order valence-electron chi connectivity index (χ1n) is 10.4. The van der Waals surface area contributed by atoms with Gasteiger partial charge < -0.3 is 9.64 Å². The molecule has 0 aliphatic carbocycles. The number of piperidine rings is 1. The molecule has 1 unspecified atom stereocenters. The first-order valence-corrected chi connectivity index (χ1v) is 11.3. The first kappa shape index (κ1) is 18.3. The van der Waals surface area contributed by atoms with Crippen LogP contribution in [-0.2, 0) is 11.3 Å². The van der Waals surface area contributed by atoms with Crippen LogP contribution in [0.5, 0.6) is 0 Å². The van der Waals surface area contributed by atoms with Crippen LogP contribution < -0.4 is 0 Å². The molecule has 0 radical (unpaired) electrons. The second kappa shape index (κ2) is 7.29. The summed E-state index contributed by atoms with van der Waals surface area (Å²) in [5.74, 6) is 0.201. The zero-order valence-corrected chi connectivity index (χ0v) is 17.1. The SMILES string of the molecule is O=C(c1ccsc1)N1CCC2(CC1)CN(Cc1ccccc1)CC21CCOC1. The molecule has 5 rings (SSSR count). The number of hydrogen-bond donors (Lipinski definition) is 0. The quantitative estimate of drug-likeness (QED) is 0.789. The summed E-state index contributed by atoms with van der Waals surface area (Å²) in [6.45, 7) is 6.79. The molecular formula is C23H28N2O2S. The lowest BCUT2D eigenvalue weighted by atomic mass is 9.60. The molecule has 0 N–H and O–H groups in total. The molecular weight excluding hydrogens is 368 g/mol. The molecule has 148 valence electrons. The number of amides is 1. The highest BCUT2D eigenvalue weighted by atomic mass is 32.1. The van der Waals surface area contributed by atoms with Crippen LogP contribution in [0, 0.1) is 10.8 Å². The Morgan fingerprint density at radius 2 is 1.82 bits per heavy atom. The van der Waals surface area contributed by atoms with Gasteiger partial charge in [-0.2, -0.15) is 11.3 Å². The van der Waals surface area contributed by atoms with Crippen LogP contribution in [0.3, 0.4) is 0 Å². The van der Waals surface area contributed by atoms with Gasteiger partial charge in [-0.3, -0.25) is 9.69 Å². The van der Waals surface area contributed by atoms with E-state index in [1.807, 2.05) is 16.8 Å². The van der Waals surface area contributed by atoms with E-state index in [4.69, 9.17) is 4.74 Å². The van der Waals surface area contributed by atoms with E-state index in [2.05, 4.69) is 40.1 Å². The van der Waals surface area contributed by atoms with Crippen LogP contribution >= 0.6 is 11.3 Å². The Kier molecular flexibility index (Phi) is 4.77. The second-order valence-electron chi connectivity index (χ2n) is 8.80. The van der Waals surface area contributed by atoms with Crippen LogP contribution in [-0.4, -0.2) is 55.1 Å². The van der Waals surface area contributed by atoms with Crippen molar-refractivity contribution in [2.75, 3.05) is 39.4 Å². The van der Waals surface area contributed by atoms with Gasteiger partial charge in [0.15, 0.2) is 0 Å². The number of hydrogen-bond acceptors (Lipinski definition) is 4. The molecule has 1 aromatic heterocycles. The van der Waals surface area contributed by atoms with Gasteiger partial charge in [0, 0.05) is 50.1 Å². The molecule has 1 atom stereocenters. The van der Waals surface area contributed by atoms with Gasteiger partial charge in [-0.1, -0.05) is 30.3 Å². The summed E-state index contributed by atoms with van der Waals surface area (Å²) in [7, 11) is 0. The molecule has 4 nitrogen and oxygen atoms in total. The van der Waals surface area contributed by atoms with Crippen LogP contribution in [0.15, 0.2) is 47.2 Å². The van der Waals surface area contributed by atoms with Crippen LogP contribution in [0.25, 0.3) is 0 Å². The standard InChI is InChI=1S/C23H28N2O2S/c26-21(20-6-13-28-15-20)25-10-7-22(8-11-25)16-24(14-19-4-2-1-3-5-19)17-23(22)9-12-27-18-23/h1-6,13,15H,7-12,14,16-18H2. The van der Waals surface area contributed by atoms with E-state index in [9.17, 15) is 4.79 Å². The monoisotopic (exact) mass is 396 g/mol. The number of carbonyl (C=O) groups is 1. The molecule has 0 saturated carbocycles. The van der Waals surface area contributed by atoms with Crippen molar-refractivity contribution in [2.45, 2.75) is 25.8 Å². The first-order chi connectivity index (χ1) is 13.7. The minimum Gasteiger partial charge on any atom is -0.381 e. The predicted octanol–water partition coefficient (Wildman–Crippen LogP) is 3.89. The Morgan fingerprint density at radius 3 is 2.50 bits per heavy atom. The van der Waals surface area contributed by atoms with Gasteiger partial charge in [-0.25, -0.2) is 0 Å². The van der Waals surface area contributed by atoms with E-state index in [0.29, 0.717) is 0 Å². The van der Waals surface area contributed by atoms with Crippen molar-refractivity contribution < 1.29 is 9.53 Å². The molecule has 3 aliphatic heterocycles. The van der Waals surface area contributed by atoms with Crippen molar-refractivity contribution in [2.24, 2.45) is 10.8 Å². The lowest BCUT2D eigenvalue weighted by molar-refractivity contribution is 0.00837. The van der Waals surface area contributed by atoms with E-state index in [1.165, 1.54) is 5.56 Å². The van der Waals surface area contributed by atoms with E-state index in [0.717, 1.165) is 70.8 Å². The molecule has 1 amide bonds. The molecule has 28 heavy (non-hydrogen) atoms. The van der Waals surface area contributed by atoms with Crippen molar-refractivity contribution in [1.29, 1.82) is 0 Å². The van der Waals surface area contributed by atoms with Crippen molar-refractivity contribution >= 4 is 17.2 Å². The zero-order valence-electron chi connectivity index (χ0n) is 16.3. The highest BCUT2D eigenvalue weighted by Crippen LogP contribution is 2.57. The van der Waals surface area contributed by atoms with Crippen LogP contribution in [0.2, 0.25) is 0 Å². The van der Waals surface area contributed by atoms with Crippen molar-refractivity contribution in [3.05, 3.63) is 58.3 Å². The molecule has 1 aromatic carbocycles. The van der Waals surface area contributed by atoms with E-state index in [-0.39, 0.29) is 16.7 Å². The Hall–Kier alpha value is -1.69. The summed E-state index contributed by atoms with van der Waals surface area (Å²) in [6, 6.07) is 12.7. The Morgan fingerprint density at radius 1 is 1.04 bits per heavy atom. The van der Waals surface area contributed by atoms with Crippen LogP contribution in [0.4, 0.5) is 0 Å². The maximum Gasteiger partial charge on any atom is 0.254 e. The Bertz CT molecular complexity index is 806. The van der Waals surface area contributed by atoms with Gasteiger partial charge in [-0.05, 0) is 41.7 Å². The van der Waals surface area contributed by atoms with Gasteiger partial charge in [0.25, 0.3) is 5.91 Å². The lowest BCUT2D eigenvalue weighted by Gasteiger charge is -2.47. The Balaban J connectivity index is 1.32. The average Bonchev–Trinajstić information content (AvgIpc) is 3.46. The number of likely N-dealkylation sites (tertiary alicyclic amines) is 2. The lowest BCUT2D eigenvalue weighted by Crippen LogP contribution is -2.51. The maximum atomic E-state index is 12.8. The number of carbonyl (C=O) groups excluding carboxylic acids is 1. The summed E-state index contributed by atoms with van der Waals surface area (Å²) >= 11 is 1.60. The molecule has 3 saturated heterocycles. The van der Waals surface area contributed by atoms with Gasteiger partial charge in [-0.15, -0.1) is 0 Å². The average molecular weight is 397 g/mol. The molecule has 4 heterocycles. The molecule has 2 aromatic rings. The van der Waals surface area contributed by atoms with E-state index < -0.39 is 0 Å². The number of nitrogens with zero attached hydrogens (tertiary/aromatic N) is 2. The third kappa shape index (κ3) is 3.10. The predicted molar refractivity (Wildman–Crippen MR) is 111 cm³/mol. The molecule has 3 aliphatic rings. The smallest absolute Gasteiger partial charge is 0.254 e. The van der Waals surface area contributed by atoms with Gasteiger partial charge in [0.2, 0.25) is 0 Å². The number of rotatable bonds is 3.